The summed E-state index contributed by atoms with van der Waals surface area (Å²) < 4.78 is 9.93. The van der Waals surface area contributed by atoms with Crippen molar-refractivity contribution in [3.63, 3.8) is 0 Å². The predicted octanol–water partition coefficient (Wildman–Crippen LogP) is -0.412. The minimum Gasteiger partial charge on any atom is -0.446 e. The van der Waals surface area contributed by atoms with Gasteiger partial charge >= 0.3 is 6.09 Å². The number of carbonyl (C=O) groups excluding carboxylic acids is 1. The molecule has 0 spiro atoms. The lowest BCUT2D eigenvalue weighted by Crippen LogP contribution is -2.55. The second-order valence-corrected chi connectivity index (χ2v) is 3.06. The van der Waals surface area contributed by atoms with Crippen LogP contribution >= 0.6 is 0 Å². The zero-order valence-electron chi connectivity index (χ0n) is 7.08. The van der Waals surface area contributed by atoms with E-state index < -0.39 is 6.09 Å². The fraction of sp³-hybridized carbons (Fsp3) is 0.857. The lowest BCUT2D eigenvalue weighted by atomic mass is 9.77. The Balaban J connectivity index is 2.30. The third-order valence-electron chi connectivity index (χ3n) is 2.29. The van der Waals surface area contributed by atoms with E-state index >= 15 is 0 Å². The van der Waals surface area contributed by atoms with Gasteiger partial charge in [0.05, 0.1) is 5.60 Å². The molecule has 0 aromatic carbocycles. The van der Waals surface area contributed by atoms with Crippen LogP contribution in [0.2, 0.25) is 0 Å². The van der Waals surface area contributed by atoms with Crippen LogP contribution in [0.4, 0.5) is 4.79 Å². The molecule has 0 unspecified atom stereocenters. The van der Waals surface area contributed by atoms with Gasteiger partial charge in [0.2, 0.25) is 0 Å². The van der Waals surface area contributed by atoms with E-state index in [1.54, 1.807) is 7.11 Å². The van der Waals surface area contributed by atoms with Crippen LogP contribution in [0.25, 0.3) is 0 Å². The Morgan fingerprint density at radius 1 is 1.67 bits per heavy atom. The highest BCUT2D eigenvalue weighted by Gasteiger charge is 2.45. The maximum absolute atomic E-state index is 10.3. The molecule has 0 radical (unpaired) electrons. The molecule has 0 heterocycles. The van der Waals surface area contributed by atoms with Crippen LogP contribution in [0.3, 0.4) is 0 Å². The summed E-state index contributed by atoms with van der Waals surface area (Å²) in [5, 5.41) is 0. The van der Waals surface area contributed by atoms with Gasteiger partial charge in [-0.25, -0.2) is 4.79 Å². The van der Waals surface area contributed by atoms with Crippen LogP contribution in [-0.2, 0) is 9.47 Å². The average Bonchev–Trinajstić information content (AvgIpc) is 1.95. The van der Waals surface area contributed by atoms with Crippen molar-refractivity contribution in [2.75, 3.05) is 13.7 Å². The third-order valence-corrected chi connectivity index (χ3v) is 2.29. The molecule has 1 aliphatic rings. The van der Waals surface area contributed by atoms with Crippen LogP contribution in [0.5, 0.6) is 0 Å². The first kappa shape index (κ1) is 9.28. The van der Waals surface area contributed by atoms with E-state index in [0.29, 0.717) is 19.4 Å². The van der Waals surface area contributed by atoms with Crippen molar-refractivity contribution in [3.05, 3.63) is 0 Å². The second kappa shape index (κ2) is 3.28. The van der Waals surface area contributed by atoms with E-state index in [0.717, 1.165) is 0 Å². The Kier molecular flexibility index (Phi) is 2.54. The molecule has 1 rings (SSSR count). The first-order valence-corrected chi connectivity index (χ1v) is 3.83. The smallest absolute Gasteiger partial charge is 0.404 e. The van der Waals surface area contributed by atoms with Gasteiger partial charge in [0, 0.05) is 26.5 Å². The molecule has 5 heteroatoms. The summed E-state index contributed by atoms with van der Waals surface area (Å²) in [6.45, 7) is 0.447. The van der Waals surface area contributed by atoms with Crippen molar-refractivity contribution < 1.29 is 14.3 Å². The van der Waals surface area contributed by atoms with Crippen molar-refractivity contribution >= 4 is 6.09 Å². The van der Waals surface area contributed by atoms with E-state index in [4.69, 9.17) is 20.9 Å². The number of ether oxygens (including phenoxy) is 2. The summed E-state index contributed by atoms with van der Waals surface area (Å²) in [5.74, 6) is 0. The van der Waals surface area contributed by atoms with Crippen LogP contribution < -0.4 is 11.5 Å². The highest BCUT2D eigenvalue weighted by Crippen LogP contribution is 2.36. The fourth-order valence-electron chi connectivity index (χ4n) is 1.43. The van der Waals surface area contributed by atoms with E-state index in [1.807, 2.05) is 0 Å². The van der Waals surface area contributed by atoms with Gasteiger partial charge in [0.25, 0.3) is 0 Å². The molecular formula is C7H14N2O3. The Labute approximate surface area is 71.0 Å². The Morgan fingerprint density at radius 3 is 2.58 bits per heavy atom. The van der Waals surface area contributed by atoms with Crippen molar-refractivity contribution in [1.29, 1.82) is 0 Å². The second-order valence-electron chi connectivity index (χ2n) is 3.06. The molecule has 0 atom stereocenters. The number of hydrogen-bond acceptors (Lipinski definition) is 4. The molecular weight excluding hydrogens is 160 g/mol. The quantitative estimate of drug-likeness (QED) is 0.608. The van der Waals surface area contributed by atoms with Gasteiger partial charge in [-0.3, -0.25) is 0 Å². The molecule has 1 saturated carbocycles. The average molecular weight is 174 g/mol. The van der Waals surface area contributed by atoms with Crippen molar-refractivity contribution in [3.8, 4) is 0 Å². The van der Waals surface area contributed by atoms with Gasteiger partial charge in [-0.2, -0.15) is 0 Å². The van der Waals surface area contributed by atoms with Gasteiger partial charge in [-0.15, -0.1) is 0 Å². The molecule has 1 amide bonds. The number of primary amides is 1. The molecule has 0 bridgehead atoms. The SMILES string of the molecule is COC1(CN)CC(OC(N)=O)C1. The number of carbonyl (C=O) groups is 1. The number of hydrogen-bond donors (Lipinski definition) is 2. The molecule has 0 aromatic heterocycles. The van der Waals surface area contributed by atoms with Gasteiger partial charge in [0.15, 0.2) is 0 Å². The molecule has 0 saturated heterocycles. The Morgan fingerprint density at radius 2 is 2.25 bits per heavy atom. The maximum Gasteiger partial charge on any atom is 0.404 e. The molecule has 4 N–H and O–H groups in total. The highest BCUT2D eigenvalue weighted by molar-refractivity contribution is 5.64. The first-order valence-electron chi connectivity index (χ1n) is 3.83. The standard InChI is InChI=1S/C7H14N2O3/c1-11-7(4-8)2-5(3-7)12-6(9)10/h5H,2-4,8H2,1H3,(H2,9,10). The van der Waals surface area contributed by atoms with Gasteiger partial charge in [-0.05, 0) is 0 Å². The van der Waals surface area contributed by atoms with Crippen molar-refractivity contribution in [1.82, 2.24) is 0 Å². The molecule has 0 aromatic rings. The number of methoxy groups -OCH3 is 1. The maximum atomic E-state index is 10.3. The molecule has 5 nitrogen and oxygen atoms in total. The van der Waals surface area contributed by atoms with Crippen LogP contribution in [0.15, 0.2) is 0 Å². The highest BCUT2D eigenvalue weighted by atomic mass is 16.6. The summed E-state index contributed by atoms with van der Waals surface area (Å²) in [7, 11) is 1.60. The summed E-state index contributed by atoms with van der Waals surface area (Å²) in [6.07, 6.45) is 0.430. The predicted molar refractivity (Wildman–Crippen MR) is 42.5 cm³/mol. The first-order chi connectivity index (χ1) is 5.62. The zero-order chi connectivity index (χ0) is 9.19. The molecule has 70 valence electrons. The Hall–Kier alpha value is -0.810. The summed E-state index contributed by atoms with van der Waals surface area (Å²) >= 11 is 0. The van der Waals surface area contributed by atoms with E-state index in [1.165, 1.54) is 0 Å². The number of nitrogens with two attached hydrogens (primary N) is 2. The largest absolute Gasteiger partial charge is 0.446 e. The minimum absolute atomic E-state index is 0.119. The van der Waals surface area contributed by atoms with Gasteiger partial charge in [0.1, 0.15) is 6.10 Å². The number of rotatable bonds is 3. The minimum atomic E-state index is -0.735. The van der Waals surface area contributed by atoms with Crippen molar-refractivity contribution in [2.45, 2.75) is 24.5 Å². The lowest BCUT2D eigenvalue weighted by Gasteiger charge is -2.44. The fourth-order valence-corrected chi connectivity index (χ4v) is 1.43. The Bertz CT molecular complexity index is 171. The third kappa shape index (κ3) is 1.67. The number of amides is 1. The van der Waals surface area contributed by atoms with E-state index in [9.17, 15) is 4.79 Å². The summed E-state index contributed by atoms with van der Waals surface area (Å²) in [4.78, 5) is 10.3. The van der Waals surface area contributed by atoms with Crippen LogP contribution in [-0.4, -0.2) is 31.5 Å². The van der Waals surface area contributed by atoms with Crippen LogP contribution in [0.1, 0.15) is 12.8 Å². The van der Waals surface area contributed by atoms with E-state index in [2.05, 4.69) is 0 Å². The molecule has 12 heavy (non-hydrogen) atoms. The normalized spacial score (nSPS) is 34.0. The van der Waals surface area contributed by atoms with Crippen molar-refractivity contribution in [2.24, 2.45) is 11.5 Å². The molecule has 0 aliphatic heterocycles. The summed E-state index contributed by atoms with van der Waals surface area (Å²) in [5.41, 5.74) is 10.0. The van der Waals surface area contributed by atoms with Crippen LogP contribution in [0, 0.1) is 0 Å². The summed E-state index contributed by atoms with van der Waals surface area (Å²) in [6, 6.07) is 0. The van der Waals surface area contributed by atoms with Gasteiger partial charge in [-0.1, -0.05) is 0 Å². The lowest BCUT2D eigenvalue weighted by molar-refractivity contribution is -0.130. The zero-order valence-corrected chi connectivity index (χ0v) is 7.08. The molecule has 1 fully saturated rings. The molecule has 1 aliphatic carbocycles. The van der Waals surface area contributed by atoms with E-state index in [-0.39, 0.29) is 11.7 Å². The topological polar surface area (TPSA) is 87.6 Å². The monoisotopic (exact) mass is 174 g/mol. The van der Waals surface area contributed by atoms with Gasteiger partial charge < -0.3 is 20.9 Å².